The Balaban J connectivity index is 2.05. The van der Waals surface area contributed by atoms with E-state index in [1.54, 1.807) is 13.2 Å². The first-order valence-electron chi connectivity index (χ1n) is 5.99. The summed E-state index contributed by atoms with van der Waals surface area (Å²) in [4.78, 5) is 0. The first kappa shape index (κ1) is 13.6. The Morgan fingerprint density at radius 1 is 1.05 bits per heavy atom. The van der Waals surface area contributed by atoms with Gasteiger partial charge >= 0.3 is 0 Å². The van der Waals surface area contributed by atoms with Gasteiger partial charge in [0.15, 0.2) is 0 Å². The standard InChI is InChI=1S/C15H17NO2S/c1-18-15-8-13(7-14(16)9-15)11-19(17)10-12-5-3-2-4-6-12/h2-9H,10-11,16H2,1H3. The van der Waals surface area contributed by atoms with Crippen LogP contribution in [-0.2, 0) is 22.3 Å². The molecule has 2 N–H and O–H groups in total. The molecule has 100 valence electrons. The van der Waals surface area contributed by atoms with Crippen molar-refractivity contribution in [2.75, 3.05) is 12.8 Å². The minimum Gasteiger partial charge on any atom is -0.497 e. The zero-order chi connectivity index (χ0) is 13.7. The quantitative estimate of drug-likeness (QED) is 0.854. The maximum Gasteiger partial charge on any atom is 0.121 e. The molecule has 2 rings (SSSR count). The molecule has 0 saturated heterocycles. The number of nitrogens with two attached hydrogens (primary N) is 1. The molecule has 1 atom stereocenters. The highest BCUT2D eigenvalue weighted by Gasteiger charge is 2.05. The summed E-state index contributed by atoms with van der Waals surface area (Å²) in [6.07, 6.45) is 0. The van der Waals surface area contributed by atoms with E-state index in [2.05, 4.69) is 0 Å². The fraction of sp³-hybridized carbons (Fsp3) is 0.200. The third-order valence-corrected chi connectivity index (χ3v) is 4.03. The molecule has 0 radical (unpaired) electrons. The Bertz CT molecular complexity index is 570. The number of anilines is 1. The van der Waals surface area contributed by atoms with Gasteiger partial charge in [-0.1, -0.05) is 30.3 Å². The highest BCUT2D eigenvalue weighted by Crippen LogP contribution is 2.20. The van der Waals surface area contributed by atoms with Crippen LogP contribution in [0.25, 0.3) is 0 Å². The first-order valence-corrected chi connectivity index (χ1v) is 7.48. The monoisotopic (exact) mass is 275 g/mol. The van der Waals surface area contributed by atoms with Crippen molar-refractivity contribution in [3.05, 3.63) is 59.7 Å². The molecule has 0 aliphatic rings. The summed E-state index contributed by atoms with van der Waals surface area (Å²) in [5, 5.41) is 0. The summed E-state index contributed by atoms with van der Waals surface area (Å²) >= 11 is 0. The third kappa shape index (κ3) is 4.10. The molecule has 19 heavy (non-hydrogen) atoms. The van der Waals surface area contributed by atoms with Crippen molar-refractivity contribution in [1.29, 1.82) is 0 Å². The maximum atomic E-state index is 12.1. The van der Waals surface area contributed by atoms with Gasteiger partial charge in [0.2, 0.25) is 0 Å². The van der Waals surface area contributed by atoms with Crippen LogP contribution >= 0.6 is 0 Å². The number of methoxy groups -OCH3 is 1. The van der Waals surface area contributed by atoms with Gasteiger partial charge in [0.25, 0.3) is 0 Å². The lowest BCUT2D eigenvalue weighted by atomic mass is 10.2. The van der Waals surface area contributed by atoms with Gasteiger partial charge in [0.1, 0.15) is 5.75 Å². The van der Waals surface area contributed by atoms with Crippen LogP contribution in [-0.4, -0.2) is 11.3 Å². The van der Waals surface area contributed by atoms with Gasteiger partial charge in [-0.25, -0.2) is 0 Å². The van der Waals surface area contributed by atoms with Crippen LogP contribution in [0.5, 0.6) is 5.75 Å². The van der Waals surface area contributed by atoms with Crippen molar-refractivity contribution >= 4 is 16.5 Å². The van der Waals surface area contributed by atoms with Gasteiger partial charge in [-0.15, -0.1) is 0 Å². The lowest BCUT2D eigenvalue weighted by Crippen LogP contribution is -2.01. The second-order valence-electron chi connectivity index (χ2n) is 4.33. The number of benzene rings is 2. The molecule has 2 aromatic carbocycles. The molecule has 0 fully saturated rings. The molecule has 0 bridgehead atoms. The van der Waals surface area contributed by atoms with Crippen molar-refractivity contribution < 1.29 is 8.95 Å². The summed E-state index contributed by atoms with van der Waals surface area (Å²) in [6.45, 7) is 0. The second-order valence-corrected chi connectivity index (χ2v) is 5.79. The van der Waals surface area contributed by atoms with Gasteiger partial charge in [0.05, 0.1) is 7.11 Å². The van der Waals surface area contributed by atoms with Gasteiger partial charge < -0.3 is 10.5 Å². The minimum atomic E-state index is -0.952. The number of ether oxygens (including phenoxy) is 1. The zero-order valence-electron chi connectivity index (χ0n) is 10.8. The molecule has 0 saturated carbocycles. The van der Waals surface area contributed by atoms with Crippen molar-refractivity contribution in [1.82, 2.24) is 0 Å². The molecule has 0 aromatic heterocycles. The molecule has 0 heterocycles. The second kappa shape index (κ2) is 6.38. The number of rotatable bonds is 5. The maximum absolute atomic E-state index is 12.1. The summed E-state index contributed by atoms with van der Waals surface area (Å²) in [6, 6.07) is 15.3. The third-order valence-electron chi connectivity index (χ3n) is 2.72. The largest absolute Gasteiger partial charge is 0.497 e. The molecule has 0 aliphatic carbocycles. The van der Waals surface area contributed by atoms with E-state index in [1.807, 2.05) is 42.5 Å². The van der Waals surface area contributed by atoms with Crippen molar-refractivity contribution in [2.45, 2.75) is 11.5 Å². The van der Waals surface area contributed by atoms with Crippen LogP contribution in [0.1, 0.15) is 11.1 Å². The SMILES string of the molecule is COc1cc(N)cc(CS(=O)Cc2ccccc2)c1. The van der Waals surface area contributed by atoms with Gasteiger partial charge in [-0.3, -0.25) is 4.21 Å². The normalized spacial score (nSPS) is 12.1. The molecular weight excluding hydrogens is 258 g/mol. The van der Waals surface area contributed by atoms with Crippen LogP contribution in [0, 0.1) is 0 Å². The van der Waals surface area contributed by atoms with E-state index in [-0.39, 0.29) is 0 Å². The molecule has 4 heteroatoms. The predicted molar refractivity (Wildman–Crippen MR) is 79.4 cm³/mol. The summed E-state index contributed by atoms with van der Waals surface area (Å²) in [5.41, 5.74) is 8.43. The number of hydrogen-bond donors (Lipinski definition) is 1. The number of hydrogen-bond acceptors (Lipinski definition) is 3. The fourth-order valence-corrected chi connectivity index (χ4v) is 3.09. The van der Waals surface area contributed by atoms with E-state index < -0.39 is 10.8 Å². The topological polar surface area (TPSA) is 52.3 Å². The van der Waals surface area contributed by atoms with Crippen LogP contribution in [0.3, 0.4) is 0 Å². The van der Waals surface area contributed by atoms with E-state index >= 15 is 0 Å². The van der Waals surface area contributed by atoms with Crippen molar-refractivity contribution in [2.24, 2.45) is 0 Å². The summed E-state index contributed by atoms with van der Waals surface area (Å²) in [5.74, 6) is 1.74. The highest BCUT2D eigenvalue weighted by atomic mass is 32.2. The fourth-order valence-electron chi connectivity index (χ4n) is 1.88. The Kier molecular flexibility index (Phi) is 4.58. The minimum absolute atomic E-state index is 0.482. The Morgan fingerprint density at radius 2 is 1.74 bits per heavy atom. The molecule has 3 nitrogen and oxygen atoms in total. The number of nitrogen functional groups attached to an aromatic ring is 1. The van der Waals surface area contributed by atoms with E-state index in [0.717, 1.165) is 11.1 Å². The van der Waals surface area contributed by atoms with Gasteiger partial charge in [-0.05, 0) is 23.3 Å². The van der Waals surface area contributed by atoms with E-state index in [9.17, 15) is 4.21 Å². The van der Waals surface area contributed by atoms with Crippen molar-refractivity contribution in [3.63, 3.8) is 0 Å². The molecule has 0 aliphatic heterocycles. The van der Waals surface area contributed by atoms with Crippen LogP contribution < -0.4 is 10.5 Å². The average molecular weight is 275 g/mol. The lowest BCUT2D eigenvalue weighted by Gasteiger charge is -2.07. The Morgan fingerprint density at radius 3 is 2.42 bits per heavy atom. The summed E-state index contributed by atoms with van der Waals surface area (Å²) in [7, 11) is 0.645. The van der Waals surface area contributed by atoms with Crippen LogP contribution in [0.2, 0.25) is 0 Å². The van der Waals surface area contributed by atoms with Crippen molar-refractivity contribution in [3.8, 4) is 5.75 Å². The molecular formula is C15H17NO2S. The molecule has 2 aromatic rings. The van der Waals surface area contributed by atoms with E-state index in [0.29, 0.717) is 22.9 Å². The highest BCUT2D eigenvalue weighted by molar-refractivity contribution is 7.83. The summed E-state index contributed by atoms with van der Waals surface area (Å²) < 4.78 is 17.3. The zero-order valence-corrected chi connectivity index (χ0v) is 11.7. The predicted octanol–water partition coefficient (Wildman–Crippen LogP) is 2.73. The average Bonchev–Trinajstić information content (AvgIpc) is 2.38. The Hall–Kier alpha value is -1.81. The van der Waals surface area contributed by atoms with Crippen LogP contribution in [0.4, 0.5) is 5.69 Å². The van der Waals surface area contributed by atoms with Gasteiger partial charge in [-0.2, -0.15) is 0 Å². The first-order chi connectivity index (χ1) is 9.17. The van der Waals surface area contributed by atoms with Gasteiger partial charge in [0, 0.05) is 34.1 Å². The lowest BCUT2D eigenvalue weighted by molar-refractivity contribution is 0.414. The van der Waals surface area contributed by atoms with E-state index in [4.69, 9.17) is 10.5 Å². The van der Waals surface area contributed by atoms with E-state index in [1.165, 1.54) is 0 Å². The Labute approximate surface area is 115 Å². The van der Waals surface area contributed by atoms with Crippen LogP contribution in [0.15, 0.2) is 48.5 Å². The molecule has 0 spiro atoms. The molecule has 1 unspecified atom stereocenters. The smallest absolute Gasteiger partial charge is 0.121 e. The molecule has 0 amide bonds.